The molecule has 0 saturated carbocycles. The molecule has 2 aromatic rings. The van der Waals surface area contributed by atoms with E-state index in [4.69, 9.17) is 0 Å². The Morgan fingerprint density at radius 2 is 1.57 bits per heavy atom. The number of carbonyl (C=O) groups excluding carboxylic acids is 1. The molecule has 0 unspecified atom stereocenters. The fourth-order valence-electron chi connectivity index (χ4n) is 4.99. The van der Waals surface area contributed by atoms with Crippen LogP contribution in [0, 0.1) is 0 Å². The van der Waals surface area contributed by atoms with Crippen molar-refractivity contribution in [1.82, 2.24) is 9.80 Å². The highest BCUT2D eigenvalue weighted by molar-refractivity contribution is 5.92. The van der Waals surface area contributed by atoms with E-state index >= 15 is 0 Å². The zero-order valence-electron chi connectivity index (χ0n) is 18.2. The summed E-state index contributed by atoms with van der Waals surface area (Å²) in [6.45, 7) is 5.06. The molecule has 0 spiro atoms. The normalized spacial score (nSPS) is 20.4. The molecule has 0 aromatic heterocycles. The van der Waals surface area contributed by atoms with E-state index in [1.54, 1.807) is 0 Å². The maximum Gasteiger partial charge on any atom is 0.147 e. The first-order valence-electron chi connectivity index (χ1n) is 11.4. The first-order chi connectivity index (χ1) is 14.7. The van der Waals surface area contributed by atoms with Gasteiger partial charge in [0, 0.05) is 26.1 Å². The van der Waals surface area contributed by atoms with E-state index in [-0.39, 0.29) is 5.41 Å². The first-order valence-corrected chi connectivity index (χ1v) is 11.4. The number of piperidine rings is 1. The molecule has 2 aliphatic rings. The number of Topliss-reactive ketones (excluding diaryl/α,β-unsaturated/α-hetero) is 1. The number of rotatable bonds is 6. The number of nitrogens with zero attached hydrogens (tertiary/aromatic N) is 2. The van der Waals surface area contributed by atoms with Gasteiger partial charge in [0.05, 0.1) is 5.41 Å². The fraction of sp³-hybridized carbons (Fsp3) is 0.444. The van der Waals surface area contributed by atoms with Crippen LogP contribution in [-0.2, 0) is 16.8 Å². The highest BCUT2D eigenvalue weighted by atomic mass is 16.1. The van der Waals surface area contributed by atoms with Gasteiger partial charge in [-0.1, -0.05) is 72.3 Å². The van der Waals surface area contributed by atoms with E-state index in [0.717, 1.165) is 58.4 Å². The average molecular weight is 403 g/mol. The Balaban J connectivity index is 1.49. The predicted octanol–water partition coefficient (Wildman–Crippen LogP) is 4.83. The largest absolute Gasteiger partial charge is 0.306 e. The van der Waals surface area contributed by atoms with Crippen molar-refractivity contribution in [2.75, 3.05) is 33.2 Å². The van der Waals surface area contributed by atoms with Crippen molar-refractivity contribution in [1.29, 1.82) is 0 Å². The Hall–Kier alpha value is -2.23. The summed E-state index contributed by atoms with van der Waals surface area (Å²) in [5.74, 6) is 0.420. The quantitative estimate of drug-likeness (QED) is 0.647. The van der Waals surface area contributed by atoms with Gasteiger partial charge in [-0.25, -0.2) is 0 Å². The van der Waals surface area contributed by atoms with E-state index in [1.165, 1.54) is 16.7 Å². The summed E-state index contributed by atoms with van der Waals surface area (Å²) in [7, 11) is 2.17. The smallest absolute Gasteiger partial charge is 0.147 e. The lowest BCUT2D eigenvalue weighted by molar-refractivity contribution is -0.125. The summed E-state index contributed by atoms with van der Waals surface area (Å²) < 4.78 is 0. The number of benzene rings is 2. The Morgan fingerprint density at radius 3 is 2.27 bits per heavy atom. The third-order valence-corrected chi connectivity index (χ3v) is 6.96. The molecule has 0 amide bonds. The third kappa shape index (κ3) is 4.91. The molecule has 2 heterocycles. The van der Waals surface area contributed by atoms with Crippen molar-refractivity contribution in [3.63, 3.8) is 0 Å². The maximum atomic E-state index is 13.8. The summed E-state index contributed by atoms with van der Waals surface area (Å²) in [6, 6.07) is 21.2. The molecule has 158 valence electrons. The summed E-state index contributed by atoms with van der Waals surface area (Å²) >= 11 is 0. The van der Waals surface area contributed by atoms with Gasteiger partial charge >= 0.3 is 0 Å². The molecule has 30 heavy (non-hydrogen) atoms. The Kier molecular flexibility index (Phi) is 6.81. The van der Waals surface area contributed by atoms with Gasteiger partial charge in [-0.15, -0.1) is 0 Å². The van der Waals surface area contributed by atoms with Crippen LogP contribution in [0.25, 0.3) is 0 Å². The average Bonchev–Trinajstić information content (AvgIpc) is 2.99. The van der Waals surface area contributed by atoms with Gasteiger partial charge < -0.3 is 4.90 Å². The Labute approximate surface area is 181 Å². The zero-order chi connectivity index (χ0) is 20.8. The van der Waals surface area contributed by atoms with Crippen molar-refractivity contribution in [3.05, 3.63) is 83.4 Å². The number of likely N-dealkylation sites (tertiary alicyclic amines) is 1. The van der Waals surface area contributed by atoms with E-state index in [9.17, 15) is 4.79 Å². The molecule has 0 atom stereocenters. The van der Waals surface area contributed by atoms with Crippen LogP contribution in [0.1, 0.15) is 43.2 Å². The fourth-order valence-corrected chi connectivity index (χ4v) is 4.99. The summed E-state index contributed by atoms with van der Waals surface area (Å²) in [5.41, 5.74) is 3.56. The molecule has 0 bridgehead atoms. The second-order valence-electron chi connectivity index (χ2n) is 9.01. The monoisotopic (exact) mass is 402 g/mol. The molecule has 2 aliphatic heterocycles. The molecule has 3 heteroatoms. The first kappa shape index (κ1) is 21.0. The molecule has 0 N–H and O–H groups in total. The van der Waals surface area contributed by atoms with Crippen LogP contribution in [0.3, 0.4) is 0 Å². The second kappa shape index (κ2) is 9.72. The molecule has 1 saturated heterocycles. The third-order valence-electron chi connectivity index (χ3n) is 6.96. The van der Waals surface area contributed by atoms with E-state index in [1.807, 2.05) is 0 Å². The van der Waals surface area contributed by atoms with Crippen LogP contribution >= 0.6 is 0 Å². The van der Waals surface area contributed by atoms with Crippen LogP contribution < -0.4 is 0 Å². The van der Waals surface area contributed by atoms with Gasteiger partial charge in [-0.3, -0.25) is 9.69 Å². The van der Waals surface area contributed by atoms with Gasteiger partial charge in [0.2, 0.25) is 0 Å². The standard InChI is InChI=1S/C27H34N2O/c1-28-17-8-11-23(14-18-28)21-26(30)27(25-12-6-3-7-13-25)15-19-29(20-16-27)22-24-9-4-2-5-10-24/h2-7,9-13H,8,14-22H2,1H3. The minimum absolute atomic E-state index is 0.340. The second-order valence-corrected chi connectivity index (χ2v) is 9.01. The van der Waals surface area contributed by atoms with Gasteiger partial charge in [0.1, 0.15) is 5.78 Å². The van der Waals surface area contributed by atoms with Crippen LogP contribution in [0.2, 0.25) is 0 Å². The van der Waals surface area contributed by atoms with Gasteiger partial charge in [0.15, 0.2) is 0 Å². The highest BCUT2D eigenvalue weighted by Crippen LogP contribution is 2.39. The lowest BCUT2D eigenvalue weighted by Crippen LogP contribution is -2.47. The topological polar surface area (TPSA) is 23.6 Å². The van der Waals surface area contributed by atoms with E-state index in [2.05, 4.69) is 83.6 Å². The van der Waals surface area contributed by atoms with Crippen molar-refractivity contribution in [2.45, 2.75) is 44.1 Å². The Morgan fingerprint density at radius 1 is 0.900 bits per heavy atom. The van der Waals surface area contributed by atoms with Crippen molar-refractivity contribution < 1.29 is 4.79 Å². The number of hydrogen-bond acceptors (Lipinski definition) is 3. The van der Waals surface area contributed by atoms with E-state index < -0.39 is 0 Å². The maximum absolute atomic E-state index is 13.8. The molecule has 3 nitrogen and oxygen atoms in total. The Bertz CT molecular complexity index is 851. The minimum Gasteiger partial charge on any atom is -0.306 e. The summed E-state index contributed by atoms with van der Waals surface area (Å²) in [4.78, 5) is 18.6. The summed E-state index contributed by atoms with van der Waals surface area (Å²) in [6.07, 6.45) is 6.84. The zero-order valence-corrected chi connectivity index (χ0v) is 18.2. The molecular weight excluding hydrogens is 368 g/mol. The molecule has 0 aliphatic carbocycles. The van der Waals surface area contributed by atoms with Crippen molar-refractivity contribution in [2.24, 2.45) is 0 Å². The summed E-state index contributed by atoms with van der Waals surface area (Å²) in [5, 5.41) is 0. The lowest BCUT2D eigenvalue weighted by Gasteiger charge is -2.41. The van der Waals surface area contributed by atoms with Crippen LogP contribution in [-0.4, -0.2) is 48.8 Å². The number of carbonyl (C=O) groups is 1. The van der Waals surface area contributed by atoms with Crippen molar-refractivity contribution in [3.8, 4) is 0 Å². The molecule has 1 fully saturated rings. The molecule has 4 rings (SSSR count). The molecule has 2 aromatic carbocycles. The van der Waals surface area contributed by atoms with Gasteiger partial charge in [0.25, 0.3) is 0 Å². The minimum atomic E-state index is -0.340. The van der Waals surface area contributed by atoms with Crippen LogP contribution in [0.5, 0.6) is 0 Å². The van der Waals surface area contributed by atoms with Gasteiger partial charge in [-0.05, 0) is 56.9 Å². The predicted molar refractivity (Wildman–Crippen MR) is 124 cm³/mol. The van der Waals surface area contributed by atoms with Crippen molar-refractivity contribution >= 4 is 5.78 Å². The lowest BCUT2D eigenvalue weighted by atomic mass is 9.68. The molecular formula is C27H34N2O. The number of ketones is 1. The van der Waals surface area contributed by atoms with E-state index in [0.29, 0.717) is 12.2 Å². The van der Waals surface area contributed by atoms with Gasteiger partial charge in [-0.2, -0.15) is 0 Å². The SMILES string of the molecule is CN1CCC=C(CC(=O)C2(c3ccccc3)CCN(Cc3ccccc3)CC2)CC1. The van der Waals surface area contributed by atoms with Crippen LogP contribution in [0.15, 0.2) is 72.3 Å². The number of hydrogen-bond donors (Lipinski definition) is 0. The highest BCUT2D eigenvalue weighted by Gasteiger charge is 2.42. The molecule has 0 radical (unpaired) electrons. The van der Waals surface area contributed by atoms with Crippen LogP contribution in [0.4, 0.5) is 0 Å².